The zero-order chi connectivity index (χ0) is 21.3. The van der Waals surface area contributed by atoms with E-state index in [0.29, 0.717) is 11.7 Å². The van der Waals surface area contributed by atoms with Gasteiger partial charge in [-0.05, 0) is 38.5 Å². The molecule has 0 atom stereocenters. The van der Waals surface area contributed by atoms with Crippen molar-refractivity contribution in [3.63, 3.8) is 0 Å². The summed E-state index contributed by atoms with van der Waals surface area (Å²) < 4.78 is 5.11. The molecular formula is C24H32N2O3S. The van der Waals surface area contributed by atoms with Gasteiger partial charge in [0.25, 0.3) is 0 Å². The molecular weight excluding hydrogens is 396 g/mol. The molecule has 162 valence electrons. The molecule has 6 heteroatoms. The maximum absolute atomic E-state index is 12.8. The van der Waals surface area contributed by atoms with E-state index in [-0.39, 0.29) is 24.2 Å². The van der Waals surface area contributed by atoms with E-state index in [9.17, 15) is 9.59 Å². The molecule has 3 rings (SSSR count). The van der Waals surface area contributed by atoms with Crippen molar-refractivity contribution in [3.8, 4) is 11.3 Å². The first-order valence-electron chi connectivity index (χ1n) is 11.1. The molecule has 0 radical (unpaired) electrons. The molecule has 1 aliphatic carbocycles. The Kier molecular flexibility index (Phi) is 8.43. The summed E-state index contributed by atoms with van der Waals surface area (Å²) in [6.45, 7) is 4.38. The second kappa shape index (κ2) is 11.3. The van der Waals surface area contributed by atoms with Gasteiger partial charge in [0.15, 0.2) is 5.13 Å². The van der Waals surface area contributed by atoms with E-state index in [4.69, 9.17) is 4.74 Å². The smallest absolute Gasteiger partial charge is 0.311 e. The van der Waals surface area contributed by atoms with Crippen LogP contribution in [0.15, 0.2) is 30.3 Å². The van der Waals surface area contributed by atoms with Gasteiger partial charge >= 0.3 is 5.97 Å². The van der Waals surface area contributed by atoms with Crippen LogP contribution in [0.25, 0.3) is 11.3 Å². The van der Waals surface area contributed by atoms with Crippen molar-refractivity contribution in [3.05, 3.63) is 35.2 Å². The van der Waals surface area contributed by atoms with E-state index in [1.165, 1.54) is 30.6 Å². The Morgan fingerprint density at radius 3 is 2.53 bits per heavy atom. The molecule has 1 aromatic heterocycles. The lowest BCUT2D eigenvalue weighted by molar-refractivity contribution is -0.142. The second-order valence-corrected chi connectivity index (χ2v) is 9.07. The Morgan fingerprint density at radius 2 is 1.87 bits per heavy atom. The predicted molar refractivity (Wildman–Crippen MR) is 121 cm³/mol. The predicted octanol–water partition coefficient (Wildman–Crippen LogP) is 5.85. The number of nitrogens with zero attached hydrogens (tertiary/aromatic N) is 1. The summed E-state index contributed by atoms with van der Waals surface area (Å²) in [6.07, 6.45) is 8.15. The summed E-state index contributed by atoms with van der Waals surface area (Å²) in [6, 6.07) is 9.76. The van der Waals surface area contributed by atoms with Gasteiger partial charge in [-0.2, -0.15) is 0 Å². The fourth-order valence-electron chi connectivity index (χ4n) is 4.10. The molecule has 2 aromatic rings. The molecule has 1 saturated carbocycles. The number of carbonyl (C=O) groups excluding carboxylic acids is 2. The molecule has 1 fully saturated rings. The molecule has 0 aliphatic heterocycles. The van der Waals surface area contributed by atoms with Crippen LogP contribution in [0, 0.1) is 11.8 Å². The van der Waals surface area contributed by atoms with E-state index in [2.05, 4.69) is 17.2 Å². The third-order valence-electron chi connectivity index (χ3n) is 5.77. The molecule has 1 amide bonds. The van der Waals surface area contributed by atoms with Gasteiger partial charge in [-0.15, -0.1) is 11.3 Å². The Hall–Kier alpha value is -2.21. The van der Waals surface area contributed by atoms with Gasteiger partial charge in [0, 0.05) is 16.4 Å². The quantitative estimate of drug-likeness (QED) is 0.509. The number of amides is 1. The number of benzene rings is 1. The van der Waals surface area contributed by atoms with Crippen molar-refractivity contribution in [1.82, 2.24) is 4.98 Å². The zero-order valence-electron chi connectivity index (χ0n) is 18.0. The molecule has 30 heavy (non-hydrogen) atoms. The number of carbonyl (C=O) groups is 2. The van der Waals surface area contributed by atoms with Crippen molar-refractivity contribution in [2.75, 3.05) is 11.9 Å². The lowest BCUT2D eigenvalue weighted by atomic mass is 9.79. The maximum Gasteiger partial charge on any atom is 0.311 e. The van der Waals surface area contributed by atoms with Gasteiger partial charge in [-0.1, -0.05) is 56.5 Å². The van der Waals surface area contributed by atoms with Gasteiger partial charge in [0.1, 0.15) is 0 Å². The highest BCUT2D eigenvalue weighted by molar-refractivity contribution is 7.16. The van der Waals surface area contributed by atoms with Crippen molar-refractivity contribution in [2.45, 2.75) is 65.2 Å². The van der Waals surface area contributed by atoms with E-state index in [0.717, 1.165) is 47.7 Å². The van der Waals surface area contributed by atoms with Crippen molar-refractivity contribution in [2.24, 2.45) is 11.8 Å². The number of rotatable bonds is 9. The third-order valence-corrected chi connectivity index (χ3v) is 6.74. The van der Waals surface area contributed by atoms with Gasteiger partial charge in [0.05, 0.1) is 18.7 Å². The maximum atomic E-state index is 12.8. The lowest BCUT2D eigenvalue weighted by Gasteiger charge is -2.27. The topological polar surface area (TPSA) is 68.3 Å². The van der Waals surface area contributed by atoms with Crippen molar-refractivity contribution >= 4 is 28.3 Å². The van der Waals surface area contributed by atoms with Crippen LogP contribution in [-0.4, -0.2) is 23.5 Å². The van der Waals surface area contributed by atoms with Crippen LogP contribution in [0.1, 0.15) is 63.7 Å². The van der Waals surface area contributed by atoms with Crippen LogP contribution < -0.4 is 5.32 Å². The number of ether oxygens (including phenoxy) is 1. The fourth-order valence-corrected chi connectivity index (χ4v) is 5.08. The summed E-state index contributed by atoms with van der Waals surface area (Å²) in [7, 11) is 0. The fraction of sp³-hybridized carbons (Fsp3) is 0.542. The van der Waals surface area contributed by atoms with Crippen molar-refractivity contribution < 1.29 is 14.3 Å². The standard InChI is InChI=1S/C24H32N2O3S/c1-3-5-9-17-12-14-19(15-13-17)23(28)26-24-25-22(18-10-7-6-8-11-18)20(30-24)16-21(27)29-4-2/h6-8,10-11,17,19H,3-5,9,12-16H2,1-2H3,(H,25,26,28). The third kappa shape index (κ3) is 6.14. The normalized spacial score (nSPS) is 18.7. The highest BCUT2D eigenvalue weighted by atomic mass is 32.1. The monoisotopic (exact) mass is 428 g/mol. The first-order chi connectivity index (χ1) is 14.6. The lowest BCUT2D eigenvalue weighted by Crippen LogP contribution is -2.27. The minimum absolute atomic E-state index is 0.0555. The summed E-state index contributed by atoms with van der Waals surface area (Å²) in [4.78, 5) is 30.4. The summed E-state index contributed by atoms with van der Waals surface area (Å²) >= 11 is 1.37. The SMILES string of the molecule is CCCCC1CCC(C(=O)Nc2nc(-c3ccccc3)c(CC(=O)OCC)s2)CC1. The van der Waals surface area contributed by atoms with E-state index in [1.54, 1.807) is 6.92 Å². The highest BCUT2D eigenvalue weighted by Gasteiger charge is 2.27. The number of anilines is 1. The molecule has 0 saturated heterocycles. The number of esters is 1. The van der Waals surface area contributed by atoms with Crippen molar-refractivity contribution in [1.29, 1.82) is 0 Å². The van der Waals surface area contributed by atoms with Gasteiger partial charge in [-0.25, -0.2) is 4.98 Å². The highest BCUT2D eigenvalue weighted by Crippen LogP contribution is 2.35. The Bertz CT molecular complexity index is 826. The largest absolute Gasteiger partial charge is 0.466 e. The van der Waals surface area contributed by atoms with E-state index < -0.39 is 0 Å². The number of thiazole rings is 1. The molecule has 1 aromatic carbocycles. The van der Waals surface area contributed by atoms with Gasteiger partial charge in [0.2, 0.25) is 5.91 Å². The molecule has 0 spiro atoms. The number of aromatic nitrogens is 1. The van der Waals surface area contributed by atoms with Crippen LogP contribution in [0.2, 0.25) is 0 Å². The summed E-state index contributed by atoms with van der Waals surface area (Å²) in [5.41, 5.74) is 1.68. The minimum atomic E-state index is -0.276. The molecule has 0 unspecified atom stereocenters. The number of hydrogen-bond acceptors (Lipinski definition) is 5. The summed E-state index contributed by atoms with van der Waals surface area (Å²) in [5, 5.41) is 3.58. The number of unbranched alkanes of at least 4 members (excludes halogenated alkanes) is 1. The van der Waals surface area contributed by atoms with Crippen LogP contribution >= 0.6 is 11.3 Å². The number of nitrogens with one attached hydrogen (secondary N) is 1. The molecule has 1 heterocycles. The van der Waals surface area contributed by atoms with Crippen LogP contribution in [-0.2, 0) is 20.7 Å². The van der Waals surface area contributed by atoms with Crippen LogP contribution in [0.4, 0.5) is 5.13 Å². The minimum Gasteiger partial charge on any atom is -0.466 e. The van der Waals surface area contributed by atoms with Crippen LogP contribution in [0.5, 0.6) is 0 Å². The first kappa shape index (κ1) is 22.5. The second-order valence-electron chi connectivity index (χ2n) is 7.99. The molecule has 1 aliphatic rings. The summed E-state index contributed by atoms with van der Waals surface area (Å²) in [5.74, 6) is 0.608. The van der Waals surface area contributed by atoms with Gasteiger partial charge in [-0.3, -0.25) is 9.59 Å². The molecule has 1 N–H and O–H groups in total. The first-order valence-corrected chi connectivity index (χ1v) is 11.9. The molecule has 5 nitrogen and oxygen atoms in total. The Balaban J connectivity index is 1.68. The average Bonchev–Trinajstić information content (AvgIpc) is 3.15. The Morgan fingerprint density at radius 1 is 1.13 bits per heavy atom. The van der Waals surface area contributed by atoms with Crippen LogP contribution in [0.3, 0.4) is 0 Å². The van der Waals surface area contributed by atoms with E-state index >= 15 is 0 Å². The number of hydrogen-bond donors (Lipinski definition) is 1. The zero-order valence-corrected chi connectivity index (χ0v) is 18.8. The van der Waals surface area contributed by atoms with Gasteiger partial charge < -0.3 is 10.1 Å². The average molecular weight is 429 g/mol. The van der Waals surface area contributed by atoms with E-state index in [1.807, 2.05) is 30.3 Å². The Labute approximate surface area is 183 Å². The molecule has 0 bridgehead atoms.